The molecule has 0 radical (unpaired) electrons. The first-order chi connectivity index (χ1) is 10.8. The number of hydrogen-bond acceptors (Lipinski definition) is 7. The third-order valence-corrected chi connectivity index (χ3v) is 2.89. The number of methoxy groups -OCH3 is 2. The van der Waals surface area contributed by atoms with Crippen LogP contribution in [0.25, 0.3) is 0 Å². The van der Waals surface area contributed by atoms with Gasteiger partial charge in [0.1, 0.15) is 17.8 Å². The number of ether oxygens (including phenoxy) is 2. The predicted molar refractivity (Wildman–Crippen MR) is 76.5 cm³/mol. The van der Waals surface area contributed by atoms with E-state index in [0.717, 1.165) is 6.33 Å². The molecule has 0 unspecified atom stereocenters. The van der Waals surface area contributed by atoms with E-state index in [4.69, 9.17) is 0 Å². The van der Waals surface area contributed by atoms with Gasteiger partial charge in [0.25, 0.3) is 11.8 Å². The van der Waals surface area contributed by atoms with E-state index in [2.05, 4.69) is 30.1 Å². The Kier molecular flexibility index (Phi) is 6.24. The third kappa shape index (κ3) is 4.53. The van der Waals surface area contributed by atoms with Gasteiger partial charge in [-0.1, -0.05) is 0 Å². The minimum absolute atomic E-state index is 0.143. The van der Waals surface area contributed by atoms with Crippen molar-refractivity contribution in [2.24, 2.45) is 0 Å². The maximum absolute atomic E-state index is 12.1. The number of amides is 2. The first-order valence-corrected chi connectivity index (χ1v) is 6.62. The van der Waals surface area contributed by atoms with E-state index in [1.54, 1.807) is 0 Å². The molecule has 2 amide bonds. The van der Waals surface area contributed by atoms with E-state index in [0.29, 0.717) is 0 Å². The van der Waals surface area contributed by atoms with E-state index in [-0.39, 0.29) is 11.4 Å². The zero-order chi connectivity index (χ0) is 17.6. The van der Waals surface area contributed by atoms with Gasteiger partial charge in [-0.15, -0.1) is 0 Å². The highest BCUT2D eigenvalue weighted by molar-refractivity contribution is 6.06. The molecular weight excluding hydrogens is 308 g/mol. The van der Waals surface area contributed by atoms with Gasteiger partial charge in [0.15, 0.2) is 5.69 Å². The Balaban J connectivity index is 2.83. The Labute approximate surface area is 131 Å². The van der Waals surface area contributed by atoms with E-state index in [1.807, 2.05) is 0 Å². The van der Waals surface area contributed by atoms with Gasteiger partial charge < -0.3 is 25.1 Å². The van der Waals surface area contributed by atoms with Crippen molar-refractivity contribution in [3.63, 3.8) is 0 Å². The molecule has 0 aliphatic heterocycles. The molecule has 1 heterocycles. The molecule has 23 heavy (non-hydrogen) atoms. The highest BCUT2D eigenvalue weighted by Crippen LogP contribution is 2.04. The lowest BCUT2D eigenvalue weighted by molar-refractivity contribution is -0.143. The Morgan fingerprint density at radius 2 is 1.48 bits per heavy atom. The van der Waals surface area contributed by atoms with E-state index < -0.39 is 35.8 Å². The first-order valence-electron chi connectivity index (χ1n) is 6.62. The summed E-state index contributed by atoms with van der Waals surface area (Å²) in [5, 5.41) is 4.71. The van der Waals surface area contributed by atoms with Crippen LogP contribution in [-0.4, -0.2) is 60.0 Å². The van der Waals surface area contributed by atoms with Crippen LogP contribution in [0.3, 0.4) is 0 Å². The molecule has 10 heteroatoms. The third-order valence-electron chi connectivity index (χ3n) is 2.89. The Bertz CT molecular complexity index is 561. The Hall–Kier alpha value is -2.91. The van der Waals surface area contributed by atoms with Gasteiger partial charge in [-0.2, -0.15) is 0 Å². The average Bonchev–Trinajstić information content (AvgIpc) is 3.02. The molecule has 0 bridgehead atoms. The smallest absolute Gasteiger partial charge is 0.328 e. The standard InChI is InChI=1S/C13H18N4O6/c1-6(12(20)22-3)16-10(18)8-9(15-5-14-8)11(19)17-7(2)13(21)23-4/h5-7H,1-4H3,(H,14,15)(H,16,18)(H,17,19)/t6-,7-/m0/s1. The number of aromatic nitrogens is 2. The lowest BCUT2D eigenvalue weighted by Gasteiger charge is -2.12. The van der Waals surface area contributed by atoms with Gasteiger partial charge in [-0.3, -0.25) is 9.59 Å². The van der Waals surface area contributed by atoms with Crippen molar-refractivity contribution in [2.75, 3.05) is 14.2 Å². The van der Waals surface area contributed by atoms with Crippen molar-refractivity contribution in [2.45, 2.75) is 25.9 Å². The second-order valence-corrected chi connectivity index (χ2v) is 4.56. The topological polar surface area (TPSA) is 139 Å². The van der Waals surface area contributed by atoms with Crippen molar-refractivity contribution < 1.29 is 28.7 Å². The van der Waals surface area contributed by atoms with Crippen LogP contribution in [0.4, 0.5) is 0 Å². The summed E-state index contributed by atoms with van der Waals surface area (Å²) in [5.41, 5.74) is -0.356. The second-order valence-electron chi connectivity index (χ2n) is 4.56. The van der Waals surface area contributed by atoms with Crippen LogP contribution >= 0.6 is 0 Å². The number of esters is 2. The highest BCUT2D eigenvalue weighted by Gasteiger charge is 2.25. The van der Waals surface area contributed by atoms with Crippen LogP contribution in [0, 0.1) is 0 Å². The van der Waals surface area contributed by atoms with Crippen molar-refractivity contribution >= 4 is 23.8 Å². The summed E-state index contributed by atoms with van der Waals surface area (Å²) in [6.45, 7) is 2.86. The molecule has 1 rings (SSSR count). The van der Waals surface area contributed by atoms with Crippen LogP contribution in [0.2, 0.25) is 0 Å². The van der Waals surface area contributed by atoms with Crippen LogP contribution < -0.4 is 10.6 Å². The SMILES string of the molecule is COC(=O)[C@H](C)NC(=O)c1nc[nH]c1C(=O)N[C@@H](C)C(=O)OC. The van der Waals surface area contributed by atoms with Gasteiger partial charge >= 0.3 is 11.9 Å². The molecule has 10 nitrogen and oxygen atoms in total. The molecule has 126 valence electrons. The fraction of sp³-hybridized carbons (Fsp3) is 0.462. The summed E-state index contributed by atoms with van der Waals surface area (Å²) < 4.78 is 8.98. The number of imidazole rings is 1. The average molecular weight is 326 g/mol. The zero-order valence-corrected chi connectivity index (χ0v) is 13.1. The maximum atomic E-state index is 12.1. The van der Waals surface area contributed by atoms with Crippen molar-refractivity contribution in [3.8, 4) is 0 Å². The van der Waals surface area contributed by atoms with Crippen LogP contribution in [0.1, 0.15) is 34.8 Å². The fourth-order valence-corrected chi connectivity index (χ4v) is 1.64. The maximum Gasteiger partial charge on any atom is 0.328 e. The van der Waals surface area contributed by atoms with Gasteiger partial charge in [0.05, 0.1) is 20.5 Å². The summed E-state index contributed by atoms with van der Waals surface area (Å²) in [4.78, 5) is 53.0. The van der Waals surface area contributed by atoms with Crippen molar-refractivity contribution in [1.82, 2.24) is 20.6 Å². The van der Waals surface area contributed by atoms with E-state index in [1.165, 1.54) is 28.1 Å². The number of nitrogens with zero attached hydrogens (tertiary/aromatic N) is 1. The molecule has 0 aromatic carbocycles. The summed E-state index contributed by atoms with van der Waals surface area (Å²) >= 11 is 0. The largest absolute Gasteiger partial charge is 0.467 e. The molecule has 1 aromatic heterocycles. The molecule has 0 aliphatic rings. The molecular formula is C13H18N4O6. The van der Waals surface area contributed by atoms with E-state index in [9.17, 15) is 19.2 Å². The van der Waals surface area contributed by atoms with E-state index >= 15 is 0 Å². The minimum atomic E-state index is -0.908. The van der Waals surface area contributed by atoms with Gasteiger partial charge in [-0.25, -0.2) is 14.6 Å². The van der Waals surface area contributed by atoms with Crippen molar-refractivity contribution in [1.29, 1.82) is 0 Å². The number of carbonyl (C=O) groups excluding carboxylic acids is 4. The van der Waals surface area contributed by atoms with Crippen molar-refractivity contribution in [3.05, 3.63) is 17.7 Å². The fourth-order valence-electron chi connectivity index (χ4n) is 1.64. The molecule has 0 spiro atoms. The van der Waals surface area contributed by atoms with Crippen LogP contribution in [-0.2, 0) is 19.1 Å². The van der Waals surface area contributed by atoms with Gasteiger partial charge in [-0.05, 0) is 13.8 Å². The van der Waals surface area contributed by atoms with Gasteiger partial charge in [0, 0.05) is 0 Å². The highest BCUT2D eigenvalue weighted by atomic mass is 16.5. The number of rotatable bonds is 6. The zero-order valence-electron chi connectivity index (χ0n) is 13.1. The summed E-state index contributed by atoms with van der Waals surface area (Å²) in [6, 6.07) is -1.81. The molecule has 0 saturated carbocycles. The first kappa shape index (κ1) is 18.1. The molecule has 0 fully saturated rings. The Morgan fingerprint density at radius 3 is 1.96 bits per heavy atom. The van der Waals surface area contributed by atoms with Crippen LogP contribution in [0.15, 0.2) is 6.33 Å². The van der Waals surface area contributed by atoms with Gasteiger partial charge in [0.2, 0.25) is 0 Å². The minimum Gasteiger partial charge on any atom is -0.467 e. The predicted octanol–water partition coefficient (Wildman–Crippen LogP) is -1.01. The number of nitrogens with one attached hydrogen (secondary N) is 3. The molecule has 2 atom stereocenters. The normalized spacial score (nSPS) is 12.7. The molecule has 1 aromatic rings. The quantitative estimate of drug-likeness (QED) is 0.569. The number of hydrogen-bond donors (Lipinski definition) is 3. The number of H-pyrrole nitrogens is 1. The summed E-state index contributed by atoms with van der Waals surface area (Å²) in [7, 11) is 2.38. The summed E-state index contributed by atoms with van der Waals surface area (Å²) in [5.74, 6) is -2.72. The molecule has 0 saturated heterocycles. The molecule has 0 aliphatic carbocycles. The summed E-state index contributed by atoms with van der Waals surface area (Å²) in [6.07, 6.45) is 1.15. The number of carbonyl (C=O) groups is 4. The Morgan fingerprint density at radius 1 is 1.00 bits per heavy atom. The van der Waals surface area contributed by atoms with Crippen LogP contribution in [0.5, 0.6) is 0 Å². The molecule has 3 N–H and O–H groups in total. The number of aromatic amines is 1. The lowest BCUT2D eigenvalue weighted by atomic mass is 10.2. The lowest BCUT2D eigenvalue weighted by Crippen LogP contribution is -2.42. The monoisotopic (exact) mass is 326 g/mol. The second kappa shape index (κ2) is 7.92.